The van der Waals surface area contributed by atoms with Gasteiger partial charge in [-0.05, 0) is 43.9 Å². The van der Waals surface area contributed by atoms with Crippen molar-refractivity contribution in [2.45, 2.75) is 45.1 Å². The minimum atomic E-state index is -0.144. The van der Waals surface area contributed by atoms with Crippen LogP contribution in [0.2, 0.25) is 0 Å². The van der Waals surface area contributed by atoms with Crippen LogP contribution in [0.1, 0.15) is 43.7 Å². The number of hydrogen-bond acceptors (Lipinski definition) is 4. The number of carbonyl (C=O) groups excluding carboxylic acids is 1. The van der Waals surface area contributed by atoms with E-state index in [2.05, 4.69) is 6.07 Å². The van der Waals surface area contributed by atoms with Gasteiger partial charge in [-0.2, -0.15) is 0 Å². The molecule has 1 aliphatic carbocycles. The molecule has 1 aromatic carbocycles. The molecule has 0 saturated heterocycles. The van der Waals surface area contributed by atoms with Crippen molar-refractivity contribution < 1.29 is 14.3 Å². The Kier molecular flexibility index (Phi) is 5.01. The molecule has 0 aromatic heterocycles. The van der Waals surface area contributed by atoms with Crippen molar-refractivity contribution in [3.8, 4) is 5.75 Å². The van der Waals surface area contributed by atoms with Crippen molar-refractivity contribution in [1.82, 2.24) is 0 Å². The van der Waals surface area contributed by atoms with Gasteiger partial charge in [0.25, 0.3) is 0 Å². The maximum Gasteiger partial charge on any atom is 0.305 e. The largest absolute Gasteiger partial charge is 0.494 e. The fourth-order valence-electron chi connectivity index (χ4n) is 2.92. The number of hydrogen-bond donors (Lipinski definition) is 1. The SMILES string of the molecule is CCOC(=O)CCC1c2cccc(OCC)c2CC1N. The van der Waals surface area contributed by atoms with E-state index in [-0.39, 0.29) is 17.9 Å². The van der Waals surface area contributed by atoms with Gasteiger partial charge in [0.2, 0.25) is 0 Å². The Morgan fingerprint density at radius 1 is 1.35 bits per heavy atom. The number of fused-ring (bicyclic) bond motifs is 1. The Hall–Kier alpha value is -1.55. The molecule has 2 rings (SSSR count). The molecular weight excluding hydrogens is 254 g/mol. The highest BCUT2D eigenvalue weighted by atomic mass is 16.5. The number of rotatable bonds is 6. The molecule has 0 spiro atoms. The molecule has 4 heteroatoms. The monoisotopic (exact) mass is 277 g/mol. The summed E-state index contributed by atoms with van der Waals surface area (Å²) in [7, 11) is 0. The van der Waals surface area contributed by atoms with Crippen LogP contribution in [0, 0.1) is 0 Å². The molecule has 4 nitrogen and oxygen atoms in total. The van der Waals surface area contributed by atoms with Crippen molar-refractivity contribution in [3.63, 3.8) is 0 Å². The second kappa shape index (κ2) is 6.75. The smallest absolute Gasteiger partial charge is 0.305 e. The lowest BCUT2D eigenvalue weighted by molar-refractivity contribution is -0.143. The molecule has 1 aromatic rings. The van der Waals surface area contributed by atoms with Gasteiger partial charge >= 0.3 is 5.97 Å². The van der Waals surface area contributed by atoms with E-state index in [4.69, 9.17) is 15.2 Å². The van der Waals surface area contributed by atoms with Crippen LogP contribution in [-0.4, -0.2) is 25.2 Å². The van der Waals surface area contributed by atoms with Crippen LogP contribution >= 0.6 is 0 Å². The molecule has 0 aliphatic heterocycles. The summed E-state index contributed by atoms with van der Waals surface area (Å²) in [6.07, 6.45) is 1.98. The van der Waals surface area contributed by atoms with Crippen LogP contribution in [0.3, 0.4) is 0 Å². The molecule has 0 radical (unpaired) electrons. The number of ether oxygens (including phenoxy) is 2. The molecule has 20 heavy (non-hydrogen) atoms. The zero-order valence-corrected chi connectivity index (χ0v) is 12.2. The van der Waals surface area contributed by atoms with Gasteiger partial charge in [-0.3, -0.25) is 4.79 Å². The lowest BCUT2D eigenvalue weighted by atomic mass is 9.93. The summed E-state index contributed by atoms with van der Waals surface area (Å²) < 4.78 is 10.6. The first-order chi connectivity index (χ1) is 9.67. The normalized spacial score (nSPS) is 20.6. The van der Waals surface area contributed by atoms with Gasteiger partial charge in [0.15, 0.2) is 0 Å². The number of nitrogens with two attached hydrogens (primary N) is 1. The van der Waals surface area contributed by atoms with Crippen molar-refractivity contribution in [1.29, 1.82) is 0 Å². The Morgan fingerprint density at radius 3 is 2.85 bits per heavy atom. The summed E-state index contributed by atoms with van der Waals surface area (Å²) in [6, 6.07) is 6.14. The van der Waals surface area contributed by atoms with E-state index in [0.29, 0.717) is 19.6 Å². The molecule has 2 N–H and O–H groups in total. The minimum Gasteiger partial charge on any atom is -0.494 e. The summed E-state index contributed by atoms with van der Waals surface area (Å²) in [6.45, 7) is 4.88. The van der Waals surface area contributed by atoms with Crippen molar-refractivity contribution >= 4 is 5.97 Å². The summed E-state index contributed by atoms with van der Waals surface area (Å²) in [5.41, 5.74) is 8.68. The lowest BCUT2D eigenvalue weighted by Crippen LogP contribution is -2.25. The maximum absolute atomic E-state index is 11.5. The predicted molar refractivity (Wildman–Crippen MR) is 77.9 cm³/mol. The second-order valence-electron chi connectivity index (χ2n) is 5.08. The van der Waals surface area contributed by atoms with Gasteiger partial charge in [0.1, 0.15) is 5.75 Å². The Bertz CT molecular complexity index is 473. The van der Waals surface area contributed by atoms with Gasteiger partial charge in [-0.15, -0.1) is 0 Å². The van der Waals surface area contributed by atoms with E-state index in [1.807, 2.05) is 26.0 Å². The summed E-state index contributed by atoms with van der Waals surface area (Å²) >= 11 is 0. The molecule has 2 unspecified atom stereocenters. The molecule has 0 fully saturated rings. The van der Waals surface area contributed by atoms with Crippen molar-refractivity contribution in [2.24, 2.45) is 5.73 Å². The highest BCUT2D eigenvalue weighted by Crippen LogP contribution is 2.40. The first-order valence-electron chi connectivity index (χ1n) is 7.33. The first kappa shape index (κ1) is 14.9. The van der Waals surface area contributed by atoms with E-state index in [0.717, 1.165) is 18.6 Å². The van der Waals surface area contributed by atoms with E-state index in [1.165, 1.54) is 11.1 Å². The lowest BCUT2D eigenvalue weighted by Gasteiger charge is -2.16. The van der Waals surface area contributed by atoms with Crippen LogP contribution in [-0.2, 0) is 16.0 Å². The molecule has 0 bridgehead atoms. The Balaban J connectivity index is 2.10. The Morgan fingerprint density at radius 2 is 2.15 bits per heavy atom. The average Bonchev–Trinajstić information content (AvgIpc) is 2.74. The fraction of sp³-hybridized carbons (Fsp3) is 0.562. The molecule has 0 saturated carbocycles. The maximum atomic E-state index is 11.5. The predicted octanol–water partition coefficient (Wildman–Crippen LogP) is 2.40. The van der Waals surface area contributed by atoms with Crippen molar-refractivity contribution in [2.75, 3.05) is 13.2 Å². The third-order valence-electron chi connectivity index (χ3n) is 3.79. The minimum absolute atomic E-state index is 0.0565. The second-order valence-corrected chi connectivity index (χ2v) is 5.08. The Labute approximate surface area is 120 Å². The molecule has 0 amide bonds. The molecule has 1 aliphatic rings. The van der Waals surface area contributed by atoms with E-state index >= 15 is 0 Å². The quantitative estimate of drug-likeness (QED) is 0.811. The highest BCUT2D eigenvalue weighted by Gasteiger charge is 2.32. The molecule has 2 atom stereocenters. The van der Waals surface area contributed by atoms with Gasteiger partial charge < -0.3 is 15.2 Å². The van der Waals surface area contributed by atoms with Gasteiger partial charge in [0, 0.05) is 18.4 Å². The number of esters is 1. The van der Waals surface area contributed by atoms with Gasteiger partial charge in [-0.25, -0.2) is 0 Å². The van der Waals surface area contributed by atoms with Crippen molar-refractivity contribution in [3.05, 3.63) is 29.3 Å². The fourth-order valence-corrected chi connectivity index (χ4v) is 2.92. The van der Waals surface area contributed by atoms with Crippen LogP contribution < -0.4 is 10.5 Å². The van der Waals surface area contributed by atoms with E-state index in [1.54, 1.807) is 0 Å². The molecule has 0 heterocycles. The van der Waals surface area contributed by atoms with E-state index < -0.39 is 0 Å². The van der Waals surface area contributed by atoms with Crippen LogP contribution in [0.5, 0.6) is 5.75 Å². The summed E-state index contributed by atoms with van der Waals surface area (Å²) in [4.78, 5) is 11.5. The molecule has 110 valence electrons. The van der Waals surface area contributed by atoms with E-state index in [9.17, 15) is 4.79 Å². The van der Waals surface area contributed by atoms with Crippen LogP contribution in [0.25, 0.3) is 0 Å². The highest BCUT2D eigenvalue weighted by molar-refractivity contribution is 5.69. The zero-order chi connectivity index (χ0) is 14.5. The van der Waals surface area contributed by atoms with Gasteiger partial charge in [0.05, 0.1) is 13.2 Å². The average molecular weight is 277 g/mol. The topological polar surface area (TPSA) is 61.5 Å². The van der Waals surface area contributed by atoms with Crippen LogP contribution in [0.4, 0.5) is 0 Å². The molecular formula is C16H23NO3. The number of carbonyl (C=O) groups is 1. The van der Waals surface area contributed by atoms with Gasteiger partial charge in [-0.1, -0.05) is 12.1 Å². The summed E-state index contributed by atoms with van der Waals surface area (Å²) in [5.74, 6) is 1.00. The number of benzene rings is 1. The summed E-state index contributed by atoms with van der Waals surface area (Å²) in [5, 5.41) is 0. The third-order valence-corrected chi connectivity index (χ3v) is 3.79. The zero-order valence-electron chi connectivity index (χ0n) is 12.2. The standard InChI is InChI=1S/C16H23NO3/c1-3-19-15-7-5-6-11-12(14(17)10-13(11)15)8-9-16(18)20-4-2/h5-7,12,14H,3-4,8-10,17H2,1-2H3. The third kappa shape index (κ3) is 3.12. The first-order valence-corrected chi connectivity index (χ1v) is 7.33. The van der Waals surface area contributed by atoms with Crippen LogP contribution in [0.15, 0.2) is 18.2 Å².